The Labute approximate surface area is 122 Å². The van der Waals surface area contributed by atoms with Gasteiger partial charge in [-0.05, 0) is 30.9 Å². The first-order chi connectivity index (χ1) is 9.79. The van der Waals surface area contributed by atoms with Gasteiger partial charge in [0, 0.05) is 30.9 Å². The number of aliphatic hydroxyl groups excluding tert-OH is 1. The zero-order valence-corrected chi connectivity index (χ0v) is 12.1. The fraction of sp³-hybridized carbons (Fsp3) is 0.533. The molecular weight excluding hydrogens is 272 g/mol. The lowest BCUT2D eigenvalue weighted by atomic mass is 10.00. The van der Waals surface area contributed by atoms with Crippen molar-refractivity contribution in [3.05, 3.63) is 29.5 Å². The van der Waals surface area contributed by atoms with E-state index in [1.165, 1.54) is 6.42 Å². The molecule has 0 aromatic carbocycles. The lowest BCUT2D eigenvalue weighted by Gasteiger charge is -2.16. The van der Waals surface area contributed by atoms with Crippen molar-refractivity contribution >= 4 is 11.3 Å². The molecule has 0 spiro atoms. The number of likely N-dealkylation sites (tertiary alicyclic amines) is 1. The highest BCUT2D eigenvalue weighted by atomic mass is 32.1. The summed E-state index contributed by atoms with van der Waals surface area (Å²) < 4.78 is 5.38. The Kier molecular flexibility index (Phi) is 3.13. The van der Waals surface area contributed by atoms with Crippen LogP contribution in [0.5, 0.6) is 0 Å². The molecule has 106 valence electrons. The largest absolute Gasteiger partial charge is 0.462 e. The van der Waals surface area contributed by atoms with Crippen LogP contribution in [0.1, 0.15) is 18.5 Å². The van der Waals surface area contributed by atoms with E-state index in [0.717, 1.165) is 42.5 Å². The molecule has 3 unspecified atom stereocenters. The minimum atomic E-state index is -0.0842. The summed E-state index contributed by atoms with van der Waals surface area (Å²) in [5.41, 5.74) is 1.11. The smallest absolute Gasteiger partial charge is 0.162 e. The maximum Gasteiger partial charge on any atom is 0.162 e. The number of aromatic nitrogens is 1. The van der Waals surface area contributed by atoms with E-state index in [1.807, 2.05) is 12.1 Å². The van der Waals surface area contributed by atoms with Gasteiger partial charge < -0.3 is 9.52 Å². The van der Waals surface area contributed by atoms with Gasteiger partial charge in [-0.2, -0.15) is 0 Å². The van der Waals surface area contributed by atoms with E-state index in [1.54, 1.807) is 17.6 Å². The summed E-state index contributed by atoms with van der Waals surface area (Å²) in [6.07, 6.45) is 3.76. The number of aliphatic hydroxyl groups is 1. The molecule has 3 heterocycles. The van der Waals surface area contributed by atoms with Gasteiger partial charge >= 0.3 is 0 Å². The first kappa shape index (κ1) is 12.6. The summed E-state index contributed by atoms with van der Waals surface area (Å²) in [7, 11) is 0. The van der Waals surface area contributed by atoms with Crippen molar-refractivity contribution in [3.63, 3.8) is 0 Å². The van der Waals surface area contributed by atoms with Crippen molar-refractivity contribution in [2.24, 2.45) is 11.8 Å². The van der Waals surface area contributed by atoms with Crippen LogP contribution in [-0.4, -0.2) is 34.2 Å². The topological polar surface area (TPSA) is 49.5 Å². The van der Waals surface area contributed by atoms with Crippen LogP contribution in [0.25, 0.3) is 10.8 Å². The lowest BCUT2D eigenvalue weighted by molar-refractivity contribution is 0.123. The maximum absolute atomic E-state index is 9.96. The molecule has 0 bridgehead atoms. The number of furan rings is 1. The minimum absolute atomic E-state index is 0.0842. The van der Waals surface area contributed by atoms with Gasteiger partial charge in [0.2, 0.25) is 0 Å². The van der Waals surface area contributed by atoms with Gasteiger partial charge in [-0.15, -0.1) is 11.3 Å². The van der Waals surface area contributed by atoms with Gasteiger partial charge in [-0.1, -0.05) is 0 Å². The summed E-state index contributed by atoms with van der Waals surface area (Å²) in [4.78, 5) is 7.08. The Morgan fingerprint density at radius 3 is 3.15 bits per heavy atom. The highest BCUT2D eigenvalue weighted by molar-refractivity contribution is 7.13. The first-order valence-corrected chi connectivity index (χ1v) is 8.06. The van der Waals surface area contributed by atoms with Crippen LogP contribution in [0.2, 0.25) is 0 Å². The number of thiazole rings is 1. The van der Waals surface area contributed by atoms with Crippen LogP contribution in [0, 0.1) is 11.8 Å². The fourth-order valence-corrected chi connectivity index (χ4v) is 4.36. The zero-order chi connectivity index (χ0) is 13.5. The second-order valence-corrected chi connectivity index (χ2v) is 6.74. The zero-order valence-electron chi connectivity index (χ0n) is 11.2. The van der Waals surface area contributed by atoms with Crippen LogP contribution in [-0.2, 0) is 6.54 Å². The van der Waals surface area contributed by atoms with Crippen molar-refractivity contribution in [1.82, 2.24) is 9.88 Å². The highest BCUT2D eigenvalue weighted by Crippen LogP contribution is 2.38. The monoisotopic (exact) mass is 290 g/mol. The van der Waals surface area contributed by atoms with Crippen LogP contribution in [0.4, 0.5) is 0 Å². The molecule has 3 atom stereocenters. The molecule has 2 aromatic heterocycles. The Bertz CT molecular complexity index is 580. The Hall–Kier alpha value is -1.17. The molecule has 2 aliphatic rings. The van der Waals surface area contributed by atoms with E-state index in [-0.39, 0.29) is 6.10 Å². The molecule has 5 heteroatoms. The number of rotatable bonds is 3. The molecule has 2 aromatic rings. The summed E-state index contributed by atoms with van der Waals surface area (Å²) >= 11 is 1.63. The summed E-state index contributed by atoms with van der Waals surface area (Å²) in [6, 6.07) is 3.83. The third-order valence-corrected chi connectivity index (χ3v) is 5.47. The average Bonchev–Trinajstić information content (AvgIpc) is 3.17. The first-order valence-electron chi connectivity index (χ1n) is 7.18. The van der Waals surface area contributed by atoms with E-state index in [2.05, 4.69) is 15.3 Å². The van der Waals surface area contributed by atoms with Crippen LogP contribution in [0.3, 0.4) is 0 Å². The standard InChI is InChI=1S/C15H18N2O2S/c18-13-4-3-10-6-17(8-12(10)13)7-11-9-20-15(16-11)14-2-1-5-19-14/h1-2,5,9-10,12-13,18H,3-4,6-8H2. The molecule has 1 N–H and O–H groups in total. The number of hydrogen-bond donors (Lipinski definition) is 1. The van der Waals surface area contributed by atoms with Crippen LogP contribution in [0.15, 0.2) is 28.2 Å². The van der Waals surface area contributed by atoms with Crippen molar-refractivity contribution < 1.29 is 9.52 Å². The third kappa shape index (κ3) is 2.20. The lowest BCUT2D eigenvalue weighted by Crippen LogP contribution is -2.24. The van der Waals surface area contributed by atoms with Gasteiger partial charge in [0.05, 0.1) is 18.1 Å². The normalized spacial score (nSPS) is 29.9. The van der Waals surface area contributed by atoms with E-state index in [0.29, 0.717) is 11.8 Å². The number of nitrogens with zero attached hydrogens (tertiary/aromatic N) is 2. The van der Waals surface area contributed by atoms with E-state index in [9.17, 15) is 5.11 Å². The molecule has 0 radical (unpaired) electrons. The predicted octanol–water partition coefficient (Wildman–Crippen LogP) is 2.61. The molecule has 20 heavy (non-hydrogen) atoms. The predicted molar refractivity (Wildman–Crippen MR) is 77.3 cm³/mol. The Balaban J connectivity index is 1.43. The second kappa shape index (κ2) is 4.98. The molecule has 2 fully saturated rings. The van der Waals surface area contributed by atoms with Gasteiger partial charge in [0.1, 0.15) is 0 Å². The molecule has 0 amide bonds. The maximum atomic E-state index is 9.96. The Morgan fingerprint density at radius 2 is 2.35 bits per heavy atom. The van der Waals surface area contributed by atoms with E-state index < -0.39 is 0 Å². The fourth-order valence-electron chi connectivity index (χ4n) is 3.58. The van der Waals surface area contributed by atoms with Gasteiger partial charge in [-0.3, -0.25) is 4.90 Å². The highest BCUT2D eigenvalue weighted by Gasteiger charge is 2.41. The van der Waals surface area contributed by atoms with E-state index >= 15 is 0 Å². The van der Waals surface area contributed by atoms with Gasteiger partial charge in [0.15, 0.2) is 10.8 Å². The Morgan fingerprint density at radius 1 is 1.40 bits per heavy atom. The second-order valence-electron chi connectivity index (χ2n) is 5.88. The summed E-state index contributed by atoms with van der Waals surface area (Å²) in [5.74, 6) is 2.02. The van der Waals surface area contributed by atoms with Crippen molar-refractivity contribution in [2.45, 2.75) is 25.5 Å². The van der Waals surface area contributed by atoms with Crippen LogP contribution >= 0.6 is 11.3 Å². The van der Waals surface area contributed by atoms with Crippen molar-refractivity contribution in [2.75, 3.05) is 13.1 Å². The summed E-state index contributed by atoms with van der Waals surface area (Å²) in [6.45, 7) is 3.01. The summed E-state index contributed by atoms with van der Waals surface area (Å²) in [5, 5.41) is 13.0. The van der Waals surface area contributed by atoms with E-state index in [4.69, 9.17) is 4.42 Å². The average molecular weight is 290 g/mol. The minimum Gasteiger partial charge on any atom is -0.462 e. The third-order valence-electron chi connectivity index (χ3n) is 4.56. The number of hydrogen-bond acceptors (Lipinski definition) is 5. The van der Waals surface area contributed by atoms with Crippen LogP contribution < -0.4 is 0 Å². The molecule has 1 aliphatic heterocycles. The molecule has 1 saturated carbocycles. The van der Waals surface area contributed by atoms with Crippen molar-refractivity contribution in [3.8, 4) is 10.8 Å². The quantitative estimate of drug-likeness (QED) is 0.944. The van der Waals surface area contributed by atoms with Crippen molar-refractivity contribution in [1.29, 1.82) is 0 Å². The molecule has 1 aliphatic carbocycles. The molecule has 1 saturated heterocycles. The molecule has 4 nitrogen and oxygen atoms in total. The molecule has 4 rings (SSSR count). The SMILES string of the molecule is OC1CCC2CN(Cc3csc(-c4ccco4)n3)CC12. The number of fused-ring (bicyclic) bond motifs is 1. The van der Waals surface area contributed by atoms with Gasteiger partial charge in [-0.25, -0.2) is 4.98 Å². The van der Waals surface area contributed by atoms with Gasteiger partial charge in [0.25, 0.3) is 0 Å². The molecular formula is C15H18N2O2S.